The summed E-state index contributed by atoms with van der Waals surface area (Å²) in [5, 5.41) is 19.3. The van der Waals surface area contributed by atoms with Crippen LogP contribution in [0.4, 0.5) is 5.95 Å². The second kappa shape index (κ2) is 5.92. The summed E-state index contributed by atoms with van der Waals surface area (Å²) in [4.78, 5) is 2.21. The number of hydrogen-bond donors (Lipinski definition) is 1. The van der Waals surface area contributed by atoms with Crippen molar-refractivity contribution in [1.82, 2.24) is 30.2 Å². The molecule has 0 unspecified atom stereocenters. The molecule has 0 saturated carbocycles. The third-order valence-corrected chi connectivity index (χ3v) is 4.58. The summed E-state index contributed by atoms with van der Waals surface area (Å²) in [5.41, 5.74) is 3.51. The molecule has 3 aromatic rings. The van der Waals surface area contributed by atoms with Crippen LogP contribution in [0.25, 0.3) is 11.5 Å². The zero-order valence-corrected chi connectivity index (χ0v) is 13.6. The first-order chi connectivity index (χ1) is 11.8. The molecular weight excluding hydrogens is 302 g/mol. The molecule has 0 radical (unpaired) electrons. The highest BCUT2D eigenvalue weighted by molar-refractivity contribution is 5.52. The summed E-state index contributed by atoms with van der Waals surface area (Å²) in [5.74, 6) is 1.52. The van der Waals surface area contributed by atoms with E-state index in [1.54, 1.807) is 6.20 Å². The van der Waals surface area contributed by atoms with Gasteiger partial charge in [0, 0.05) is 19.6 Å². The largest absolute Gasteiger partial charge is 0.340 e. The minimum Gasteiger partial charge on any atom is -0.340 e. The van der Waals surface area contributed by atoms with E-state index in [4.69, 9.17) is 0 Å². The fourth-order valence-electron chi connectivity index (χ4n) is 3.32. The van der Waals surface area contributed by atoms with Crippen LogP contribution in [-0.4, -0.2) is 43.3 Å². The fraction of sp³-hybridized carbons (Fsp3) is 0.294. The second-order valence-electron chi connectivity index (χ2n) is 6.02. The van der Waals surface area contributed by atoms with Crippen LogP contribution < -0.4 is 4.90 Å². The quantitative estimate of drug-likeness (QED) is 0.726. The lowest BCUT2D eigenvalue weighted by Crippen LogP contribution is -2.34. The first-order valence-corrected chi connectivity index (χ1v) is 7.97. The van der Waals surface area contributed by atoms with Crippen molar-refractivity contribution >= 4 is 5.95 Å². The molecule has 4 rings (SSSR count). The Bertz CT molecular complexity index is 825. The van der Waals surface area contributed by atoms with Gasteiger partial charge in [-0.1, -0.05) is 30.3 Å². The zero-order valence-electron chi connectivity index (χ0n) is 13.6. The molecule has 2 heterocycles. The SMILES string of the molecule is C=CCn1c(-c2cn[nH]n2)nnc1N(C)C1Cc2ccccc2C1. The molecule has 122 valence electrons. The van der Waals surface area contributed by atoms with Gasteiger partial charge in [-0.25, -0.2) is 0 Å². The van der Waals surface area contributed by atoms with Crippen molar-refractivity contribution in [2.24, 2.45) is 0 Å². The first kappa shape index (κ1) is 14.6. The normalized spacial score (nSPS) is 13.9. The van der Waals surface area contributed by atoms with Crippen molar-refractivity contribution in [2.75, 3.05) is 11.9 Å². The Labute approximate surface area is 140 Å². The number of nitrogens with one attached hydrogen (secondary N) is 1. The highest BCUT2D eigenvalue weighted by Gasteiger charge is 2.28. The molecule has 2 aromatic heterocycles. The molecule has 0 atom stereocenters. The first-order valence-electron chi connectivity index (χ1n) is 7.97. The number of anilines is 1. The minimum absolute atomic E-state index is 0.375. The lowest BCUT2D eigenvalue weighted by molar-refractivity contribution is 0.632. The van der Waals surface area contributed by atoms with E-state index in [-0.39, 0.29) is 0 Å². The van der Waals surface area contributed by atoms with Gasteiger partial charge >= 0.3 is 0 Å². The summed E-state index contributed by atoms with van der Waals surface area (Å²) in [6.07, 6.45) is 5.53. The van der Waals surface area contributed by atoms with E-state index in [1.165, 1.54) is 11.1 Å². The number of hydrogen-bond acceptors (Lipinski definition) is 5. The van der Waals surface area contributed by atoms with Crippen LogP contribution in [0.2, 0.25) is 0 Å². The van der Waals surface area contributed by atoms with E-state index in [2.05, 4.69) is 68.4 Å². The van der Waals surface area contributed by atoms with Gasteiger partial charge in [0.15, 0.2) is 5.82 Å². The van der Waals surface area contributed by atoms with E-state index >= 15 is 0 Å². The van der Waals surface area contributed by atoms with Gasteiger partial charge in [0.1, 0.15) is 5.69 Å². The van der Waals surface area contributed by atoms with E-state index < -0.39 is 0 Å². The van der Waals surface area contributed by atoms with Gasteiger partial charge < -0.3 is 4.90 Å². The number of likely N-dealkylation sites (N-methyl/N-ethyl adjacent to an activating group) is 1. The number of fused-ring (bicyclic) bond motifs is 1. The topological polar surface area (TPSA) is 75.5 Å². The van der Waals surface area contributed by atoms with Crippen LogP contribution in [-0.2, 0) is 19.4 Å². The fourth-order valence-corrected chi connectivity index (χ4v) is 3.32. The molecule has 1 aromatic carbocycles. The summed E-state index contributed by atoms with van der Waals surface area (Å²) < 4.78 is 2.02. The molecule has 1 aliphatic carbocycles. The van der Waals surface area contributed by atoms with Crippen LogP contribution >= 0.6 is 0 Å². The Morgan fingerprint density at radius 1 is 1.29 bits per heavy atom. The average molecular weight is 321 g/mol. The number of benzene rings is 1. The van der Waals surface area contributed by atoms with Crippen molar-refractivity contribution < 1.29 is 0 Å². The number of nitrogens with zero attached hydrogens (tertiary/aromatic N) is 6. The van der Waals surface area contributed by atoms with Crippen LogP contribution in [0.1, 0.15) is 11.1 Å². The molecule has 0 saturated heterocycles. The van der Waals surface area contributed by atoms with Crippen molar-refractivity contribution in [3.05, 3.63) is 54.2 Å². The summed E-state index contributed by atoms with van der Waals surface area (Å²) in [6, 6.07) is 8.99. The minimum atomic E-state index is 0.375. The molecular formula is C17H19N7. The summed E-state index contributed by atoms with van der Waals surface area (Å²) in [6.45, 7) is 4.47. The molecule has 0 bridgehead atoms. The Kier molecular flexibility index (Phi) is 3.60. The Morgan fingerprint density at radius 3 is 2.67 bits per heavy atom. The van der Waals surface area contributed by atoms with E-state index in [1.807, 2.05) is 10.6 Å². The highest BCUT2D eigenvalue weighted by atomic mass is 15.4. The van der Waals surface area contributed by atoms with Gasteiger partial charge in [0.05, 0.1) is 6.20 Å². The number of allylic oxidation sites excluding steroid dienone is 1. The maximum Gasteiger partial charge on any atom is 0.227 e. The van der Waals surface area contributed by atoms with E-state index in [9.17, 15) is 0 Å². The molecule has 1 N–H and O–H groups in total. The Balaban J connectivity index is 1.66. The van der Waals surface area contributed by atoms with Crippen molar-refractivity contribution in [1.29, 1.82) is 0 Å². The molecule has 7 heteroatoms. The van der Waals surface area contributed by atoms with Gasteiger partial charge in [-0.15, -0.1) is 16.8 Å². The Hall–Kier alpha value is -2.96. The number of H-pyrrole nitrogens is 1. The maximum absolute atomic E-state index is 4.41. The number of aromatic amines is 1. The van der Waals surface area contributed by atoms with Gasteiger partial charge in [0.25, 0.3) is 0 Å². The number of rotatable bonds is 5. The molecule has 0 fully saturated rings. The van der Waals surface area contributed by atoms with E-state index in [0.717, 1.165) is 18.8 Å². The lowest BCUT2D eigenvalue weighted by Gasteiger charge is -2.25. The third-order valence-electron chi connectivity index (χ3n) is 4.58. The molecule has 0 aliphatic heterocycles. The molecule has 1 aliphatic rings. The monoisotopic (exact) mass is 321 g/mol. The maximum atomic E-state index is 4.41. The summed E-state index contributed by atoms with van der Waals surface area (Å²) >= 11 is 0. The van der Waals surface area contributed by atoms with Crippen LogP contribution in [0.5, 0.6) is 0 Å². The second-order valence-corrected chi connectivity index (χ2v) is 6.02. The van der Waals surface area contributed by atoms with Crippen molar-refractivity contribution in [3.63, 3.8) is 0 Å². The van der Waals surface area contributed by atoms with Gasteiger partial charge in [0.2, 0.25) is 5.95 Å². The average Bonchev–Trinajstić information content (AvgIpc) is 3.33. The van der Waals surface area contributed by atoms with Gasteiger partial charge in [-0.3, -0.25) is 4.57 Å². The standard InChI is InChI=1S/C17H19N7/c1-3-8-24-16(15-11-18-22-19-15)20-21-17(24)23(2)14-9-12-6-4-5-7-13(12)10-14/h3-7,11,14H,1,8-10H2,2H3,(H,18,19,22). The predicted octanol–water partition coefficient (Wildman–Crippen LogP) is 1.85. The molecule has 7 nitrogen and oxygen atoms in total. The zero-order chi connectivity index (χ0) is 16.5. The van der Waals surface area contributed by atoms with Crippen LogP contribution in [0.3, 0.4) is 0 Å². The third kappa shape index (κ3) is 2.38. The highest BCUT2D eigenvalue weighted by Crippen LogP contribution is 2.28. The smallest absolute Gasteiger partial charge is 0.227 e. The van der Waals surface area contributed by atoms with E-state index in [0.29, 0.717) is 24.1 Å². The number of aromatic nitrogens is 6. The molecule has 0 amide bonds. The van der Waals surface area contributed by atoms with Crippen molar-refractivity contribution in [2.45, 2.75) is 25.4 Å². The molecule has 24 heavy (non-hydrogen) atoms. The predicted molar refractivity (Wildman–Crippen MR) is 91.6 cm³/mol. The lowest BCUT2D eigenvalue weighted by atomic mass is 10.1. The van der Waals surface area contributed by atoms with Crippen LogP contribution in [0.15, 0.2) is 43.1 Å². The molecule has 0 spiro atoms. The Morgan fingerprint density at radius 2 is 2.04 bits per heavy atom. The van der Waals surface area contributed by atoms with Crippen molar-refractivity contribution in [3.8, 4) is 11.5 Å². The summed E-state index contributed by atoms with van der Waals surface area (Å²) in [7, 11) is 2.08. The van der Waals surface area contributed by atoms with Gasteiger partial charge in [-0.05, 0) is 24.0 Å². The van der Waals surface area contributed by atoms with Crippen LogP contribution in [0, 0.1) is 0 Å². The van der Waals surface area contributed by atoms with Gasteiger partial charge in [-0.2, -0.15) is 15.4 Å².